The number of rotatable bonds is 6. The SMILES string of the molecule is O=C(CC1OCCc2ccccc21)NC(CCO)C1CC1. The summed E-state index contributed by atoms with van der Waals surface area (Å²) in [5.74, 6) is 0.586. The number of hydrogen-bond acceptors (Lipinski definition) is 3. The van der Waals surface area contributed by atoms with E-state index in [9.17, 15) is 4.79 Å². The number of carbonyl (C=O) groups is 1. The zero-order valence-electron chi connectivity index (χ0n) is 12.3. The van der Waals surface area contributed by atoms with Crippen molar-refractivity contribution in [1.29, 1.82) is 0 Å². The summed E-state index contributed by atoms with van der Waals surface area (Å²) in [7, 11) is 0. The molecule has 1 aromatic rings. The number of fused-ring (bicyclic) bond motifs is 1. The monoisotopic (exact) mass is 289 g/mol. The first kappa shape index (κ1) is 14.5. The highest BCUT2D eigenvalue weighted by Crippen LogP contribution is 2.34. The van der Waals surface area contributed by atoms with Gasteiger partial charge >= 0.3 is 0 Å². The Balaban J connectivity index is 1.60. The average molecular weight is 289 g/mol. The number of aliphatic hydroxyl groups excluding tert-OH is 1. The minimum atomic E-state index is -0.135. The average Bonchev–Trinajstić information content (AvgIpc) is 3.32. The van der Waals surface area contributed by atoms with Gasteiger partial charge in [-0.25, -0.2) is 0 Å². The number of benzene rings is 1. The molecule has 2 aliphatic rings. The second-order valence-electron chi connectivity index (χ2n) is 6.04. The number of aliphatic hydroxyl groups is 1. The molecule has 1 fully saturated rings. The Bertz CT molecular complexity index is 499. The minimum Gasteiger partial charge on any atom is -0.396 e. The van der Waals surface area contributed by atoms with Crippen molar-refractivity contribution in [2.75, 3.05) is 13.2 Å². The second kappa shape index (κ2) is 6.58. The highest BCUT2D eigenvalue weighted by Gasteiger charge is 2.32. The smallest absolute Gasteiger partial charge is 0.223 e. The summed E-state index contributed by atoms with van der Waals surface area (Å²) in [6.45, 7) is 0.807. The van der Waals surface area contributed by atoms with Gasteiger partial charge in [-0.1, -0.05) is 24.3 Å². The first-order valence-electron chi connectivity index (χ1n) is 7.87. The molecule has 1 aromatic carbocycles. The highest BCUT2D eigenvalue weighted by molar-refractivity contribution is 5.77. The topological polar surface area (TPSA) is 58.6 Å². The van der Waals surface area contributed by atoms with Crippen molar-refractivity contribution in [2.24, 2.45) is 5.92 Å². The van der Waals surface area contributed by atoms with E-state index in [0.717, 1.165) is 24.8 Å². The maximum absolute atomic E-state index is 12.3. The van der Waals surface area contributed by atoms with Crippen molar-refractivity contribution in [3.05, 3.63) is 35.4 Å². The molecular weight excluding hydrogens is 266 g/mol. The summed E-state index contributed by atoms with van der Waals surface area (Å²) in [6.07, 6.45) is 4.12. The molecule has 114 valence electrons. The van der Waals surface area contributed by atoms with E-state index in [4.69, 9.17) is 9.84 Å². The van der Waals surface area contributed by atoms with Crippen LogP contribution in [0.1, 0.15) is 42.9 Å². The standard InChI is InChI=1S/C17H23NO3/c19-9-7-15(13-5-6-13)18-17(20)11-16-14-4-2-1-3-12(14)8-10-21-16/h1-4,13,15-16,19H,5-11H2,(H,18,20). The largest absolute Gasteiger partial charge is 0.396 e. The number of nitrogens with one attached hydrogen (secondary N) is 1. The third kappa shape index (κ3) is 3.63. The highest BCUT2D eigenvalue weighted by atomic mass is 16.5. The summed E-state index contributed by atoms with van der Waals surface area (Å²) in [5, 5.41) is 12.2. The van der Waals surface area contributed by atoms with Crippen LogP contribution < -0.4 is 5.32 Å². The third-order valence-corrected chi connectivity index (χ3v) is 4.44. The van der Waals surface area contributed by atoms with Crippen molar-refractivity contribution >= 4 is 5.91 Å². The Hall–Kier alpha value is -1.39. The molecule has 4 nitrogen and oxygen atoms in total. The van der Waals surface area contributed by atoms with Crippen LogP contribution in [0.5, 0.6) is 0 Å². The van der Waals surface area contributed by atoms with Gasteiger partial charge in [0.1, 0.15) is 0 Å². The van der Waals surface area contributed by atoms with Crippen LogP contribution in [0.15, 0.2) is 24.3 Å². The van der Waals surface area contributed by atoms with E-state index >= 15 is 0 Å². The van der Waals surface area contributed by atoms with Gasteiger partial charge in [0, 0.05) is 12.6 Å². The lowest BCUT2D eigenvalue weighted by atomic mass is 9.95. The second-order valence-corrected chi connectivity index (χ2v) is 6.04. The lowest BCUT2D eigenvalue weighted by Gasteiger charge is -2.26. The zero-order valence-corrected chi connectivity index (χ0v) is 12.3. The van der Waals surface area contributed by atoms with Crippen LogP contribution in [0.3, 0.4) is 0 Å². The van der Waals surface area contributed by atoms with E-state index in [1.54, 1.807) is 0 Å². The summed E-state index contributed by atoms with van der Waals surface area (Å²) < 4.78 is 5.78. The molecule has 0 radical (unpaired) electrons. The molecule has 21 heavy (non-hydrogen) atoms. The van der Waals surface area contributed by atoms with Crippen molar-refractivity contribution in [3.8, 4) is 0 Å². The van der Waals surface area contributed by atoms with Gasteiger partial charge in [-0.05, 0) is 42.7 Å². The van der Waals surface area contributed by atoms with Gasteiger partial charge in [-0.2, -0.15) is 0 Å². The summed E-state index contributed by atoms with van der Waals surface area (Å²) in [6, 6.07) is 8.32. The van der Waals surface area contributed by atoms with E-state index in [1.807, 2.05) is 12.1 Å². The van der Waals surface area contributed by atoms with E-state index in [1.165, 1.54) is 5.56 Å². The van der Waals surface area contributed by atoms with Crippen molar-refractivity contribution < 1.29 is 14.6 Å². The summed E-state index contributed by atoms with van der Waals surface area (Å²) in [4.78, 5) is 12.3. The summed E-state index contributed by atoms with van der Waals surface area (Å²) in [5.41, 5.74) is 2.43. The number of amides is 1. The molecule has 1 heterocycles. The normalized spacial score (nSPS) is 22.4. The minimum absolute atomic E-state index is 0.0297. The van der Waals surface area contributed by atoms with Crippen LogP contribution in [0, 0.1) is 5.92 Å². The van der Waals surface area contributed by atoms with Gasteiger partial charge < -0.3 is 15.2 Å². The first-order valence-corrected chi connectivity index (χ1v) is 7.87. The molecular formula is C17H23NO3. The van der Waals surface area contributed by atoms with Crippen LogP contribution in [-0.4, -0.2) is 30.3 Å². The third-order valence-electron chi connectivity index (χ3n) is 4.44. The molecule has 2 unspecified atom stereocenters. The molecule has 4 heteroatoms. The summed E-state index contributed by atoms with van der Waals surface area (Å²) >= 11 is 0. The molecule has 0 spiro atoms. The molecule has 2 N–H and O–H groups in total. The Morgan fingerprint density at radius 1 is 1.38 bits per heavy atom. The molecule has 1 saturated carbocycles. The molecule has 3 rings (SSSR count). The van der Waals surface area contributed by atoms with E-state index in [2.05, 4.69) is 17.4 Å². The molecule has 1 amide bonds. The fourth-order valence-corrected chi connectivity index (χ4v) is 3.14. The fourth-order valence-electron chi connectivity index (χ4n) is 3.14. The predicted octanol–water partition coefficient (Wildman–Crippen LogP) is 1.97. The number of hydrogen-bond donors (Lipinski definition) is 2. The van der Waals surface area contributed by atoms with E-state index in [-0.39, 0.29) is 24.7 Å². The van der Waals surface area contributed by atoms with Crippen molar-refractivity contribution in [1.82, 2.24) is 5.32 Å². The molecule has 1 aliphatic carbocycles. The van der Waals surface area contributed by atoms with E-state index in [0.29, 0.717) is 25.4 Å². The van der Waals surface area contributed by atoms with Gasteiger partial charge in [0.05, 0.1) is 19.1 Å². The Morgan fingerprint density at radius 3 is 2.95 bits per heavy atom. The van der Waals surface area contributed by atoms with Gasteiger partial charge in [0.2, 0.25) is 5.91 Å². The Labute approximate surface area is 125 Å². The molecule has 0 saturated heterocycles. The zero-order chi connectivity index (χ0) is 14.7. The van der Waals surface area contributed by atoms with Crippen molar-refractivity contribution in [2.45, 2.75) is 44.2 Å². The van der Waals surface area contributed by atoms with Crippen LogP contribution in [0.2, 0.25) is 0 Å². The first-order chi connectivity index (χ1) is 10.3. The van der Waals surface area contributed by atoms with Crippen LogP contribution in [0.25, 0.3) is 0 Å². The molecule has 0 bridgehead atoms. The quantitative estimate of drug-likeness (QED) is 0.842. The maximum atomic E-state index is 12.3. The predicted molar refractivity (Wildman–Crippen MR) is 79.8 cm³/mol. The van der Waals surface area contributed by atoms with Crippen LogP contribution >= 0.6 is 0 Å². The van der Waals surface area contributed by atoms with Gasteiger partial charge in [-0.3, -0.25) is 4.79 Å². The lowest BCUT2D eigenvalue weighted by Crippen LogP contribution is -2.38. The Morgan fingerprint density at radius 2 is 2.19 bits per heavy atom. The van der Waals surface area contributed by atoms with Gasteiger partial charge in [-0.15, -0.1) is 0 Å². The fraction of sp³-hybridized carbons (Fsp3) is 0.588. The number of ether oxygens (including phenoxy) is 1. The number of carbonyl (C=O) groups excluding carboxylic acids is 1. The van der Waals surface area contributed by atoms with E-state index < -0.39 is 0 Å². The van der Waals surface area contributed by atoms with Gasteiger partial charge in [0.15, 0.2) is 0 Å². The van der Waals surface area contributed by atoms with Crippen molar-refractivity contribution in [3.63, 3.8) is 0 Å². The lowest BCUT2D eigenvalue weighted by molar-refractivity contribution is -0.125. The molecule has 1 aliphatic heterocycles. The molecule has 0 aromatic heterocycles. The van der Waals surface area contributed by atoms with Crippen LogP contribution in [-0.2, 0) is 16.0 Å². The Kier molecular flexibility index (Phi) is 4.56. The van der Waals surface area contributed by atoms with Crippen LogP contribution in [0.4, 0.5) is 0 Å². The molecule has 2 atom stereocenters. The maximum Gasteiger partial charge on any atom is 0.223 e. The van der Waals surface area contributed by atoms with Gasteiger partial charge in [0.25, 0.3) is 0 Å².